The van der Waals surface area contributed by atoms with Crippen molar-refractivity contribution in [1.82, 2.24) is 4.57 Å². The van der Waals surface area contributed by atoms with E-state index in [2.05, 4.69) is 41.0 Å². The summed E-state index contributed by atoms with van der Waals surface area (Å²) in [5.41, 5.74) is 3.35. The van der Waals surface area contributed by atoms with Crippen LogP contribution in [-0.2, 0) is 6.54 Å². The summed E-state index contributed by atoms with van der Waals surface area (Å²) in [6.07, 6.45) is -0.584. The Labute approximate surface area is 147 Å². The number of para-hydroxylation sites is 3. The van der Waals surface area contributed by atoms with Crippen LogP contribution in [0.1, 0.15) is 5.56 Å². The van der Waals surface area contributed by atoms with Gasteiger partial charge >= 0.3 is 0 Å². The number of rotatable bonds is 5. The van der Waals surface area contributed by atoms with Gasteiger partial charge in [0.15, 0.2) is 0 Å². The van der Waals surface area contributed by atoms with Gasteiger partial charge in [0, 0.05) is 21.8 Å². The molecule has 1 aromatic heterocycles. The lowest BCUT2D eigenvalue weighted by atomic mass is 10.2. The number of aliphatic hydroxyl groups is 1. The highest BCUT2D eigenvalue weighted by Crippen LogP contribution is 2.29. The average molecular weight is 331 g/mol. The summed E-state index contributed by atoms with van der Waals surface area (Å²) in [6.45, 7) is 2.78. The van der Waals surface area contributed by atoms with Gasteiger partial charge in [-0.15, -0.1) is 0 Å². The lowest BCUT2D eigenvalue weighted by molar-refractivity contribution is 0.0942. The molecule has 0 radical (unpaired) electrons. The quantitative estimate of drug-likeness (QED) is 0.582. The summed E-state index contributed by atoms with van der Waals surface area (Å²) in [5.74, 6) is 0.823. The van der Waals surface area contributed by atoms with E-state index < -0.39 is 6.10 Å². The van der Waals surface area contributed by atoms with E-state index in [1.165, 1.54) is 10.8 Å². The number of hydrogen-bond donors (Lipinski definition) is 1. The van der Waals surface area contributed by atoms with Crippen LogP contribution in [0.5, 0.6) is 5.75 Å². The Morgan fingerprint density at radius 3 is 2.04 bits per heavy atom. The Morgan fingerprint density at radius 2 is 1.40 bits per heavy atom. The number of ether oxygens (including phenoxy) is 1. The maximum absolute atomic E-state index is 10.5. The Morgan fingerprint density at radius 1 is 0.840 bits per heavy atom. The fourth-order valence-electron chi connectivity index (χ4n) is 3.37. The number of hydrogen-bond acceptors (Lipinski definition) is 2. The second-order valence-corrected chi connectivity index (χ2v) is 6.38. The molecule has 25 heavy (non-hydrogen) atoms. The lowest BCUT2D eigenvalue weighted by Gasteiger charge is -2.16. The second kappa shape index (κ2) is 6.61. The molecule has 0 aliphatic heterocycles. The zero-order valence-corrected chi connectivity index (χ0v) is 14.2. The zero-order valence-electron chi connectivity index (χ0n) is 14.2. The van der Waals surface area contributed by atoms with Crippen LogP contribution in [0.2, 0.25) is 0 Å². The third-order valence-electron chi connectivity index (χ3n) is 4.60. The molecule has 3 aromatic carbocycles. The van der Waals surface area contributed by atoms with E-state index in [9.17, 15) is 5.11 Å². The molecule has 1 atom stereocenters. The van der Waals surface area contributed by atoms with Crippen LogP contribution in [0.15, 0.2) is 72.8 Å². The molecular weight excluding hydrogens is 310 g/mol. The Balaban J connectivity index is 1.60. The van der Waals surface area contributed by atoms with E-state index >= 15 is 0 Å². The smallest absolute Gasteiger partial charge is 0.122 e. The topological polar surface area (TPSA) is 34.4 Å². The minimum Gasteiger partial charge on any atom is -0.491 e. The van der Waals surface area contributed by atoms with E-state index in [1.807, 2.05) is 43.3 Å². The van der Waals surface area contributed by atoms with Crippen LogP contribution in [0, 0.1) is 6.92 Å². The summed E-state index contributed by atoms with van der Waals surface area (Å²) in [7, 11) is 0. The fourth-order valence-corrected chi connectivity index (χ4v) is 3.37. The highest BCUT2D eigenvalue weighted by atomic mass is 16.5. The average Bonchev–Trinajstić information content (AvgIpc) is 2.96. The van der Waals surface area contributed by atoms with E-state index in [0.29, 0.717) is 6.54 Å². The molecule has 3 nitrogen and oxygen atoms in total. The summed E-state index contributed by atoms with van der Waals surface area (Å²) in [6, 6.07) is 24.5. The molecule has 4 aromatic rings. The Kier molecular flexibility index (Phi) is 4.16. The van der Waals surface area contributed by atoms with Crippen molar-refractivity contribution in [2.75, 3.05) is 6.61 Å². The molecule has 0 bridgehead atoms. The number of aliphatic hydroxyl groups excluding tert-OH is 1. The minimum atomic E-state index is -0.584. The van der Waals surface area contributed by atoms with Crippen LogP contribution in [0.3, 0.4) is 0 Å². The first-order valence-corrected chi connectivity index (χ1v) is 8.56. The molecule has 1 heterocycles. The van der Waals surface area contributed by atoms with E-state index in [-0.39, 0.29) is 6.61 Å². The molecule has 0 aliphatic rings. The zero-order chi connectivity index (χ0) is 17.2. The first-order chi connectivity index (χ1) is 12.2. The maximum atomic E-state index is 10.5. The highest BCUT2D eigenvalue weighted by molar-refractivity contribution is 6.07. The van der Waals surface area contributed by atoms with Gasteiger partial charge in [0.2, 0.25) is 0 Å². The van der Waals surface area contributed by atoms with E-state index in [0.717, 1.165) is 22.3 Å². The maximum Gasteiger partial charge on any atom is 0.122 e. The molecular formula is C22H21NO2. The highest BCUT2D eigenvalue weighted by Gasteiger charge is 2.14. The number of aryl methyl sites for hydroxylation is 1. The van der Waals surface area contributed by atoms with Gasteiger partial charge in [-0.05, 0) is 30.7 Å². The van der Waals surface area contributed by atoms with Crippen LogP contribution in [0.4, 0.5) is 0 Å². The Hall–Kier alpha value is -2.78. The molecule has 0 fully saturated rings. The van der Waals surface area contributed by atoms with Gasteiger partial charge in [0.1, 0.15) is 18.5 Å². The van der Waals surface area contributed by atoms with Gasteiger partial charge in [-0.3, -0.25) is 0 Å². The third kappa shape index (κ3) is 2.99. The van der Waals surface area contributed by atoms with Gasteiger partial charge in [-0.1, -0.05) is 54.6 Å². The monoisotopic (exact) mass is 331 g/mol. The van der Waals surface area contributed by atoms with Crippen molar-refractivity contribution in [1.29, 1.82) is 0 Å². The van der Waals surface area contributed by atoms with Gasteiger partial charge in [0.25, 0.3) is 0 Å². The Bertz CT molecular complexity index is 966. The molecule has 0 aliphatic carbocycles. The summed E-state index contributed by atoms with van der Waals surface area (Å²) in [4.78, 5) is 0. The summed E-state index contributed by atoms with van der Waals surface area (Å²) < 4.78 is 7.99. The van der Waals surface area contributed by atoms with Crippen molar-refractivity contribution in [3.8, 4) is 5.75 Å². The van der Waals surface area contributed by atoms with Gasteiger partial charge in [-0.25, -0.2) is 0 Å². The van der Waals surface area contributed by atoms with E-state index in [4.69, 9.17) is 4.74 Å². The van der Waals surface area contributed by atoms with Crippen LogP contribution in [0.25, 0.3) is 21.8 Å². The number of nitrogens with zero attached hydrogens (tertiary/aromatic N) is 1. The number of fused-ring (bicyclic) bond motifs is 3. The molecule has 3 heteroatoms. The van der Waals surface area contributed by atoms with E-state index in [1.54, 1.807) is 0 Å². The van der Waals surface area contributed by atoms with Crippen LogP contribution < -0.4 is 4.74 Å². The van der Waals surface area contributed by atoms with Crippen molar-refractivity contribution in [2.24, 2.45) is 0 Å². The molecule has 0 amide bonds. The van der Waals surface area contributed by atoms with Crippen molar-refractivity contribution < 1.29 is 9.84 Å². The SMILES string of the molecule is Cc1ccccc1OC[C@H](O)Cn1c2ccccc2c2ccccc21. The van der Waals surface area contributed by atoms with Crippen molar-refractivity contribution in [3.05, 3.63) is 78.4 Å². The molecule has 0 unspecified atom stereocenters. The van der Waals surface area contributed by atoms with Gasteiger partial charge in [0.05, 0.1) is 6.54 Å². The first-order valence-electron chi connectivity index (χ1n) is 8.56. The van der Waals surface area contributed by atoms with Gasteiger partial charge in [-0.2, -0.15) is 0 Å². The summed E-state index contributed by atoms with van der Waals surface area (Å²) in [5, 5.41) is 13.0. The molecule has 126 valence electrons. The first kappa shape index (κ1) is 15.7. The number of aromatic nitrogens is 1. The standard InChI is InChI=1S/C22H21NO2/c1-16-8-2-7-13-22(16)25-15-17(24)14-23-20-11-5-3-9-18(20)19-10-4-6-12-21(19)23/h2-13,17,24H,14-15H2,1H3/t17-/m1/s1. The predicted molar refractivity (Wildman–Crippen MR) is 102 cm³/mol. The lowest BCUT2D eigenvalue weighted by Crippen LogP contribution is -2.23. The van der Waals surface area contributed by atoms with Gasteiger partial charge < -0.3 is 14.4 Å². The molecule has 4 rings (SSSR count). The second-order valence-electron chi connectivity index (χ2n) is 6.38. The largest absolute Gasteiger partial charge is 0.491 e. The minimum absolute atomic E-state index is 0.270. The fraction of sp³-hybridized carbons (Fsp3) is 0.182. The van der Waals surface area contributed by atoms with Crippen molar-refractivity contribution >= 4 is 21.8 Å². The van der Waals surface area contributed by atoms with Crippen molar-refractivity contribution in [2.45, 2.75) is 19.6 Å². The molecule has 0 saturated heterocycles. The molecule has 1 N–H and O–H groups in total. The summed E-state index contributed by atoms with van der Waals surface area (Å²) >= 11 is 0. The predicted octanol–water partition coefficient (Wildman–Crippen LogP) is 4.54. The third-order valence-corrected chi connectivity index (χ3v) is 4.60. The molecule has 0 spiro atoms. The van der Waals surface area contributed by atoms with Crippen LogP contribution >= 0.6 is 0 Å². The molecule has 0 saturated carbocycles. The number of benzene rings is 3. The van der Waals surface area contributed by atoms with Crippen molar-refractivity contribution in [3.63, 3.8) is 0 Å². The van der Waals surface area contributed by atoms with Crippen LogP contribution in [-0.4, -0.2) is 22.4 Å². The normalized spacial score (nSPS) is 12.6.